The first kappa shape index (κ1) is 8.08. The van der Waals surface area contributed by atoms with Gasteiger partial charge in [-0.25, -0.2) is 0 Å². The second-order valence-electron chi connectivity index (χ2n) is 2.08. The van der Waals surface area contributed by atoms with Crippen LogP contribution < -0.4 is 0 Å². The molecule has 1 rings (SSSR count). The number of hydrogen-bond donors (Lipinski definition) is 1. The minimum Gasteiger partial charge on any atom is -0.259 e. The Morgan fingerprint density at radius 3 is 2.70 bits per heavy atom. The average Bonchev–Trinajstić information content (AvgIpc) is 1.88. The zero-order chi connectivity index (χ0) is 7.56. The Hall–Kier alpha value is -0.0200. The maximum atomic E-state index is 4.24. The summed E-state index contributed by atoms with van der Waals surface area (Å²) in [6, 6.07) is 3.93. The lowest BCUT2D eigenvalue weighted by Gasteiger charge is -2.01. The molecule has 0 saturated carbocycles. The van der Waals surface area contributed by atoms with Crippen LogP contribution in [0.15, 0.2) is 22.8 Å². The molecule has 0 spiro atoms. The number of pyridine rings is 1. The van der Waals surface area contributed by atoms with Crippen molar-refractivity contribution in [2.45, 2.75) is 12.2 Å². The first-order chi connectivity index (χ1) is 4.70. The lowest BCUT2D eigenvalue weighted by atomic mass is 10.3. The van der Waals surface area contributed by atoms with Gasteiger partial charge < -0.3 is 0 Å². The normalized spacial score (nSPS) is 13.1. The van der Waals surface area contributed by atoms with E-state index in [0.717, 1.165) is 10.2 Å². The second kappa shape index (κ2) is 3.39. The smallest absolute Gasteiger partial charge is 0.0529 e. The van der Waals surface area contributed by atoms with Gasteiger partial charge in [0.05, 0.1) is 5.69 Å². The molecule has 0 N–H and O–H groups in total. The fourth-order valence-corrected chi connectivity index (χ4v) is 1.02. The number of halogens is 1. The Morgan fingerprint density at radius 1 is 1.60 bits per heavy atom. The SMILES string of the molecule is CC(S)c1ccc(Br)cn1. The summed E-state index contributed by atoms with van der Waals surface area (Å²) in [6.07, 6.45) is 1.78. The van der Waals surface area contributed by atoms with E-state index in [2.05, 4.69) is 33.5 Å². The molecular weight excluding hydrogens is 210 g/mol. The average molecular weight is 218 g/mol. The number of aromatic nitrogens is 1. The molecule has 54 valence electrons. The first-order valence-corrected chi connectivity index (χ1v) is 4.30. The van der Waals surface area contributed by atoms with Gasteiger partial charge in [0, 0.05) is 15.9 Å². The molecule has 0 aromatic carbocycles. The van der Waals surface area contributed by atoms with E-state index in [1.54, 1.807) is 6.20 Å². The van der Waals surface area contributed by atoms with Crippen LogP contribution in [0.25, 0.3) is 0 Å². The standard InChI is InChI=1S/C7H8BrNS/c1-5(10)7-3-2-6(8)4-9-7/h2-5,10H,1H3. The molecule has 0 fully saturated rings. The highest BCUT2D eigenvalue weighted by Crippen LogP contribution is 2.17. The minimum absolute atomic E-state index is 0.216. The summed E-state index contributed by atoms with van der Waals surface area (Å²) in [5, 5.41) is 0.216. The van der Waals surface area contributed by atoms with Gasteiger partial charge in [0.15, 0.2) is 0 Å². The Morgan fingerprint density at radius 2 is 2.30 bits per heavy atom. The van der Waals surface area contributed by atoms with Crippen LogP contribution >= 0.6 is 28.6 Å². The molecule has 10 heavy (non-hydrogen) atoms. The van der Waals surface area contributed by atoms with Crippen molar-refractivity contribution in [2.75, 3.05) is 0 Å². The molecule has 3 heteroatoms. The van der Waals surface area contributed by atoms with Crippen LogP contribution in [0.2, 0.25) is 0 Å². The van der Waals surface area contributed by atoms with E-state index in [4.69, 9.17) is 0 Å². The minimum atomic E-state index is 0.216. The maximum Gasteiger partial charge on any atom is 0.0529 e. The zero-order valence-corrected chi connectivity index (χ0v) is 8.06. The van der Waals surface area contributed by atoms with Crippen molar-refractivity contribution < 1.29 is 0 Å². The van der Waals surface area contributed by atoms with E-state index in [0.29, 0.717) is 0 Å². The monoisotopic (exact) mass is 217 g/mol. The van der Waals surface area contributed by atoms with Crippen LogP contribution in [0.3, 0.4) is 0 Å². The first-order valence-electron chi connectivity index (χ1n) is 2.99. The van der Waals surface area contributed by atoms with Gasteiger partial charge in [-0.15, -0.1) is 0 Å². The van der Waals surface area contributed by atoms with E-state index in [9.17, 15) is 0 Å². The largest absolute Gasteiger partial charge is 0.259 e. The fraction of sp³-hybridized carbons (Fsp3) is 0.286. The van der Waals surface area contributed by atoms with Crippen molar-refractivity contribution in [3.63, 3.8) is 0 Å². The van der Waals surface area contributed by atoms with Crippen molar-refractivity contribution >= 4 is 28.6 Å². The lowest BCUT2D eigenvalue weighted by Crippen LogP contribution is -1.87. The number of hydrogen-bond acceptors (Lipinski definition) is 2. The number of rotatable bonds is 1. The fourth-order valence-electron chi connectivity index (χ4n) is 0.634. The van der Waals surface area contributed by atoms with Gasteiger partial charge in [-0.05, 0) is 35.0 Å². The molecule has 0 amide bonds. The summed E-state index contributed by atoms with van der Waals surface area (Å²) in [7, 11) is 0. The highest BCUT2D eigenvalue weighted by Gasteiger charge is 1.98. The summed E-state index contributed by atoms with van der Waals surface area (Å²) in [5.74, 6) is 0. The lowest BCUT2D eigenvalue weighted by molar-refractivity contribution is 1.01. The van der Waals surface area contributed by atoms with Crippen LogP contribution in [0.5, 0.6) is 0 Å². The molecule has 0 aliphatic heterocycles. The van der Waals surface area contributed by atoms with Gasteiger partial charge in [-0.1, -0.05) is 0 Å². The van der Waals surface area contributed by atoms with Gasteiger partial charge in [0.25, 0.3) is 0 Å². The Bertz CT molecular complexity index is 207. The van der Waals surface area contributed by atoms with E-state index in [1.165, 1.54) is 0 Å². The predicted octanol–water partition coefficient (Wildman–Crippen LogP) is 2.83. The third kappa shape index (κ3) is 1.99. The van der Waals surface area contributed by atoms with Gasteiger partial charge in [0.1, 0.15) is 0 Å². The van der Waals surface area contributed by atoms with Crippen LogP contribution in [0, 0.1) is 0 Å². The van der Waals surface area contributed by atoms with Crippen LogP contribution in [0.1, 0.15) is 17.9 Å². The summed E-state index contributed by atoms with van der Waals surface area (Å²) in [6.45, 7) is 2.00. The van der Waals surface area contributed by atoms with Crippen molar-refractivity contribution in [1.29, 1.82) is 0 Å². The van der Waals surface area contributed by atoms with Gasteiger partial charge >= 0.3 is 0 Å². The summed E-state index contributed by atoms with van der Waals surface area (Å²) < 4.78 is 1.00. The summed E-state index contributed by atoms with van der Waals surface area (Å²) >= 11 is 7.55. The van der Waals surface area contributed by atoms with E-state index in [1.807, 2.05) is 19.1 Å². The topological polar surface area (TPSA) is 12.9 Å². The Kier molecular flexibility index (Phi) is 2.74. The Labute approximate surface area is 74.4 Å². The molecule has 1 heterocycles. The van der Waals surface area contributed by atoms with Crippen LogP contribution in [-0.4, -0.2) is 4.98 Å². The molecule has 1 aromatic rings. The van der Waals surface area contributed by atoms with E-state index >= 15 is 0 Å². The zero-order valence-electron chi connectivity index (χ0n) is 5.58. The second-order valence-corrected chi connectivity index (χ2v) is 3.77. The molecule has 0 bridgehead atoms. The van der Waals surface area contributed by atoms with Crippen LogP contribution in [0.4, 0.5) is 0 Å². The molecule has 1 nitrogen and oxygen atoms in total. The summed E-state index contributed by atoms with van der Waals surface area (Å²) in [5.41, 5.74) is 1.01. The third-order valence-corrected chi connectivity index (χ3v) is 1.91. The van der Waals surface area contributed by atoms with E-state index < -0.39 is 0 Å². The van der Waals surface area contributed by atoms with E-state index in [-0.39, 0.29) is 5.25 Å². The molecule has 0 saturated heterocycles. The van der Waals surface area contributed by atoms with Crippen LogP contribution in [-0.2, 0) is 0 Å². The van der Waals surface area contributed by atoms with Gasteiger partial charge in [-0.2, -0.15) is 12.6 Å². The van der Waals surface area contributed by atoms with Crippen molar-refractivity contribution in [3.8, 4) is 0 Å². The van der Waals surface area contributed by atoms with Gasteiger partial charge in [-0.3, -0.25) is 4.98 Å². The Balaban J connectivity index is 2.89. The molecular formula is C7H8BrNS. The molecule has 0 radical (unpaired) electrons. The molecule has 1 unspecified atom stereocenters. The maximum absolute atomic E-state index is 4.24. The summed E-state index contributed by atoms with van der Waals surface area (Å²) in [4.78, 5) is 4.15. The quantitative estimate of drug-likeness (QED) is 0.715. The molecule has 0 aliphatic carbocycles. The number of nitrogens with zero attached hydrogens (tertiary/aromatic N) is 1. The molecule has 1 aromatic heterocycles. The van der Waals surface area contributed by atoms with Crippen molar-refractivity contribution in [3.05, 3.63) is 28.5 Å². The highest BCUT2D eigenvalue weighted by atomic mass is 79.9. The molecule has 1 atom stereocenters. The highest BCUT2D eigenvalue weighted by molar-refractivity contribution is 9.10. The third-order valence-electron chi connectivity index (χ3n) is 1.18. The van der Waals surface area contributed by atoms with Gasteiger partial charge in [0.2, 0.25) is 0 Å². The number of thiol groups is 1. The van der Waals surface area contributed by atoms with Crippen molar-refractivity contribution in [1.82, 2.24) is 4.98 Å². The predicted molar refractivity (Wildman–Crippen MR) is 49.3 cm³/mol. The van der Waals surface area contributed by atoms with Crippen molar-refractivity contribution in [2.24, 2.45) is 0 Å². The molecule has 0 aliphatic rings.